The molecule has 0 aliphatic carbocycles. The van der Waals surface area contributed by atoms with Gasteiger partial charge in [-0.2, -0.15) is 0 Å². The number of nitrogens with zero attached hydrogens (tertiary/aromatic N) is 1. The van der Waals surface area contributed by atoms with Crippen LogP contribution in [0.15, 0.2) is 42.7 Å². The van der Waals surface area contributed by atoms with Crippen LogP contribution in [-0.2, 0) is 25.6 Å². The normalized spacial score (nSPS) is 23.6. The van der Waals surface area contributed by atoms with Crippen LogP contribution in [0.4, 0.5) is 5.69 Å². The number of carbonyl (C=O) groups excluding carboxylic acids is 2. The Morgan fingerprint density at radius 3 is 2.78 bits per heavy atom. The van der Waals surface area contributed by atoms with Crippen LogP contribution in [0.1, 0.15) is 29.9 Å². The van der Waals surface area contributed by atoms with Crippen molar-refractivity contribution in [3.8, 4) is 5.75 Å². The molecule has 2 aliphatic heterocycles. The maximum Gasteiger partial charge on any atom is 0.250 e. The minimum atomic E-state index is -0.536. The van der Waals surface area contributed by atoms with Crippen molar-refractivity contribution in [2.45, 2.75) is 43.6 Å². The average molecular weight is 441 g/mol. The molecule has 4 atom stereocenters. The van der Waals surface area contributed by atoms with E-state index in [1.54, 1.807) is 24.5 Å². The van der Waals surface area contributed by atoms with Crippen molar-refractivity contribution in [2.24, 2.45) is 0 Å². The molecular weight excluding hydrogens is 414 g/mol. The van der Waals surface area contributed by atoms with Crippen molar-refractivity contribution < 1.29 is 28.9 Å². The fourth-order valence-electron chi connectivity index (χ4n) is 4.28. The summed E-state index contributed by atoms with van der Waals surface area (Å²) in [6.45, 7) is 0.179. The van der Waals surface area contributed by atoms with Gasteiger partial charge in [-0.25, -0.2) is 0 Å². The Labute approximate surface area is 186 Å². The predicted molar refractivity (Wildman–Crippen MR) is 115 cm³/mol. The van der Waals surface area contributed by atoms with E-state index in [4.69, 9.17) is 14.2 Å². The Kier molecular flexibility index (Phi) is 6.99. The molecule has 4 rings (SSSR count). The Balaban J connectivity index is 1.42. The molecule has 32 heavy (non-hydrogen) atoms. The van der Waals surface area contributed by atoms with Gasteiger partial charge in [0.05, 0.1) is 19.1 Å². The number of hydrogen-bond acceptors (Lipinski definition) is 7. The smallest absolute Gasteiger partial charge is 0.250 e. The highest BCUT2D eigenvalue weighted by atomic mass is 16.6. The van der Waals surface area contributed by atoms with Gasteiger partial charge in [0.25, 0.3) is 0 Å². The molecule has 2 amide bonds. The van der Waals surface area contributed by atoms with Crippen LogP contribution in [0.2, 0.25) is 0 Å². The lowest BCUT2D eigenvalue weighted by Crippen LogP contribution is -2.47. The van der Waals surface area contributed by atoms with Crippen LogP contribution >= 0.6 is 0 Å². The number of carbonyl (C=O) groups is 2. The monoisotopic (exact) mass is 441 g/mol. The van der Waals surface area contributed by atoms with Gasteiger partial charge in [0.2, 0.25) is 11.8 Å². The number of amides is 2. The van der Waals surface area contributed by atoms with Crippen molar-refractivity contribution in [1.29, 1.82) is 0 Å². The number of benzene rings is 1. The van der Waals surface area contributed by atoms with Crippen molar-refractivity contribution in [3.63, 3.8) is 0 Å². The Morgan fingerprint density at radius 1 is 1.22 bits per heavy atom. The van der Waals surface area contributed by atoms with Crippen LogP contribution in [0.5, 0.6) is 5.75 Å². The molecule has 1 aromatic carbocycles. The van der Waals surface area contributed by atoms with E-state index in [1.807, 2.05) is 18.2 Å². The quantitative estimate of drug-likeness (QED) is 0.566. The molecule has 2 aromatic rings. The predicted octanol–water partition coefficient (Wildman–Crippen LogP) is 1.37. The first-order valence-corrected chi connectivity index (χ1v) is 10.6. The van der Waals surface area contributed by atoms with Crippen molar-refractivity contribution in [2.75, 3.05) is 25.6 Å². The standard InChI is InChI=1S/C23H27N3O6/c1-30-13-22(29)26-15-2-3-19-17(8-15)18-9-16(31-20(12-27)23(18)32-19)10-21(28)25-11-14-4-6-24-7-5-14/h2-8,16,18,20,23,27H,9-13H2,1H3,(H,25,28)(H,26,29)/t16-,18+,20-,23-/m0/s1. The molecule has 2 aliphatic rings. The Hall–Kier alpha value is -3.01. The highest BCUT2D eigenvalue weighted by molar-refractivity contribution is 5.92. The number of rotatable bonds is 8. The molecule has 3 N–H and O–H groups in total. The average Bonchev–Trinajstić information content (AvgIpc) is 3.16. The number of aliphatic hydroxyl groups excluding tert-OH is 1. The first kappa shape index (κ1) is 22.2. The van der Waals surface area contributed by atoms with Crippen LogP contribution in [0.25, 0.3) is 0 Å². The summed E-state index contributed by atoms with van der Waals surface area (Å²) in [4.78, 5) is 28.3. The van der Waals surface area contributed by atoms with Crippen molar-refractivity contribution in [1.82, 2.24) is 10.3 Å². The molecule has 9 heteroatoms. The minimum Gasteiger partial charge on any atom is -0.487 e. The second-order valence-corrected chi connectivity index (χ2v) is 7.97. The second kappa shape index (κ2) is 10.1. The molecule has 0 bridgehead atoms. The summed E-state index contributed by atoms with van der Waals surface area (Å²) in [5.74, 6) is 0.288. The molecule has 170 valence electrons. The number of pyridine rings is 1. The van der Waals surface area contributed by atoms with Gasteiger partial charge in [0.1, 0.15) is 24.6 Å². The van der Waals surface area contributed by atoms with Crippen molar-refractivity contribution in [3.05, 3.63) is 53.9 Å². The summed E-state index contributed by atoms with van der Waals surface area (Å²) in [7, 11) is 1.46. The van der Waals surface area contributed by atoms with Crippen LogP contribution in [0.3, 0.4) is 0 Å². The third-order valence-electron chi connectivity index (χ3n) is 5.71. The number of anilines is 1. The summed E-state index contributed by atoms with van der Waals surface area (Å²) in [5, 5.41) is 15.6. The van der Waals surface area contributed by atoms with E-state index in [0.717, 1.165) is 11.1 Å². The lowest BCUT2D eigenvalue weighted by atomic mass is 9.84. The maximum atomic E-state index is 12.5. The van der Waals surface area contributed by atoms with Gasteiger partial charge in [-0.3, -0.25) is 14.6 Å². The summed E-state index contributed by atoms with van der Waals surface area (Å²) in [6.07, 6.45) is 2.90. The Bertz CT molecular complexity index is 954. The SMILES string of the molecule is COCC(=O)Nc1ccc2c(c1)[C@H]1C[C@@H](CC(=O)NCc3ccncc3)O[C@@H](CO)[C@H]1O2. The van der Waals surface area contributed by atoms with Gasteiger partial charge in [0.15, 0.2) is 0 Å². The number of hydrogen-bond donors (Lipinski definition) is 3. The minimum absolute atomic E-state index is 0.0310. The number of ether oxygens (including phenoxy) is 3. The second-order valence-electron chi connectivity index (χ2n) is 7.97. The van der Waals surface area contributed by atoms with E-state index in [0.29, 0.717) is 24.4 Å². The number of aromatic nitrogens is 1. The molecule has 1 aromatic heterocycles. The van der Waals surface area contributed by atoms with E-state index in [9.17, 15) is 14.7 Å². The van der Waals surface area contributed by atoms with Crippen LogP contribution < -0.4 is 15.4 Å². The Morgan fingerprint density at radius 2 is 2.03 bits per heavy atom. The van der Waals surface area contributed by atoms with Gasteiger partial charge in [-0.1, -0.05) is 0 Å². The lowest BCUT2D eigenvalue weighted by Gasteiger charge is -2.37. The van der Waals surface area contributed by atoms with Gasteiger partial charge in [0, 0.05) is 43.2 Å². The lowest BCUT2D eigenvalue weighted by molar-refractivity contribution is -0.142. The number of aliphatic hydroxyl groups is 1. The molecule has 9 nitrogen and oxygen atoms in total. The van der Waals surface area contributed by atoms with E-state index in [2.05, 4.69) is 15.6 Å². The largest absolute Gasteiger partial charge is 0.487 e. The van der Waals surface area contributed by atoms with E-state index in [-0.39, 0.29) is 49.6 Å². The molecule has 0 spiro atoms. The molecule has 1 saturated heterocycles. The third kappa shape index (κ3) is 5.07. The fraction of sp³-hybridized carbons (Fsp3) is 0.435. The molecule has 0 saturated carbocycles. The van der Waals surface area contributed by atoms with Gasteiger partial charge >= 0.3 is 0 Å². The highest BCUT2D eigenvalue weighted by Gasteiger charge is 2.46. The summed E-state index contributed by atoms with van der Waals surface area (Å²) < 4.78 is 16.9. The van der Waals surface area contributed by atoms with Gasteiger partial charge < -0.3 is 30.0 Å². The van der Waals surface area contributed by atoms with Gasteiger partial charge in [-0.05, 0) is 42.3 Å². The number of nitrogens with one attached hydrogen (secondary N) is 2. The van der Waals surface area contributed by atoms with Crippen LogP contribution in [-0.4, -0.2) is 60.5 Å². The molecule has 0 unspecified atom stereocenters. The zero-order valence-corrected chi connectivity index (χ0v) is 17.8. The van der Waals surface area contributed by atoms with E-state index < -0.39 is 6.10 Å². The van der Waals surface area contributed by atoms with Crippen LogP contribution in [0, 0.1) is 0 Å². The molecular formula is C23H27N3O6. The van der Waals surface area contributed by atoms with Gasteiger partial charge in [-0.15, -0.1) is 0 Å². The van der Waals surface area contributed by atoms with E-state index >= 15 is 0 Å². The maximum absolute atomic E-state index is 12.5. The van der Waals surface area contributed by atoms with E-state index in [1.165, 1.54) is 7.11 Å². The molecule has 3 heterocycles. The van der Waals surface area contributed by atoms with Crippen molar-refractivity contribution >= 4 is 17.5 Å². The summed E-state index contributed by atoms with van der Waals surface area (Å²) in [5.41, 5.74) is 2.55. The molecule has 1 fully saturated rings. The highest BCUT2D eigenvalue weighted by Crippen LogP contribution is 2.47. The summed E-state index contributed by atoms with van der Waals surface area (Å²) >= 11 is 0. The number of methoxy groups -OCH3 is 1. The zero-order chi connectivity index (χ0) is 22.5. The molecule has 0 radical (unpaired) electrons. The third-order valence-corrected chi connectivity index (χ3v) is 5.71. The topological polar surface area (TPSA) is 119 Å². The first-order chi connectivity index (χ1) is 15.6. The zero-order valence-electron chi connectivity index (χ0n) is 17.8. The number of fused-ring (bicyclic) bond motifs is 3. The first-order valence-electron chi connectivity index (χ1n) is 10.6. The summed E-state index contributed by atoms with van der Waals surface area (Å²) in [6, 6.07) is 9.15. The fourth-order valence-corrected chi connectivity index (χ4v) is 4.28.